The zero-order chi connectivity index (χ0) is 27.4. The molecule has 38 heavy (non-hydrogen) atoms. The molecule has 200 valence electrons. The molecule has 12 heteroatoms. The average molecular weight is 531 g/mol. The first-order valence-electron chi connectivity index (χ1n) is 11.8. The number of alkyl halides is 3. The molecule has 0 radical (unpaired) electrons. The van der Waals surface area contributed by atoms with E-state index in [2.05, 4.69) is 15.0 Å². The third-order valence-corrected chi connectivity index (χ3v) is 6.14. The van der Waals surface area contributed by atoms with Crippen molar-refractivity contribution in [1.82, 2.24) is 19.8 Å². The van der Waals surface area contributed by atoms with E-state index in [0.29, 0.717) is 24.6 Å². The third kappa shape index (κ3) is 6.50. The molecule has 1 aliphatic heterocycles. The van der Waals surface area contributed by atoms with Crippen LogP contribution in [0.1, 0.15) is 45.3 Å². The number of hydrogen-bond donors (Lipinski definition) is 2. The molecule has 1 aliphatic rings. The second kappa shape index (κ2) is 11.0. The van der Waals surface area contributed by atoms with Gasteiger partial charge in [0.2, 0.25) is 0 Å². The van der Waals surface area contributed by atoms with E-state index in [9.17, 15) is 32.3 Å². The highest BCUT2D eigenvalue weighted by molar-refractivity contribution is 5.95. The van der Waals surface area contributed by atoms with Crippen LogP contribution in [0.2, 0.25) is 0 Å². The molecule has 4 rings (SSSR count). The predicted molar refractivity (Wildman–Crippen MR) is 131 cm³/mol. The SMILES string of the molecule is CC1CCN(C(=O)c2ccc(CNC(=O)c3cc(=O)n(Cc4ccccc4)c(=O)[nH]3)c(OC(F)(F)F)c2)C1. The van der Waals surface area contributed by atoms with Gasteiger partial charge in [0.05, 0.1) is 6.54 Å². The van der Waals surface area contributed by atoms with Gasteiger partial charge in [-0.25, -0.2) is 4.79 Å². The number of carbonyl (C=O) groups excluding carboxylic acids is 2. The number of amides is 2. The lowest BCUT2D eigenvalue weighted by Gasteiger charge is -2.18. The standard InChI is InChI=1S/C26H25F3N4O5/c1-16-9-10-32(14-16)24(36)18-7-8-19(21(11-18)38-26(27,28)29)13-30-23(35)20-12-22(34)33(25(37)31-20)15-17-5-3-2-4-6-17/h2-8,11-12,16H,9-10,13-15H2,1H3,(H,30,35)(H,31,37). The highest BCUT2D eigenvalue weighted by Gasteiger charge is 2.33. The maximum atomic E-state index is 13.1. The summed E-state index contributed by atoms with van der Waals surface area (Å²) in [4.78, 5) is 54.1. The van der Waals surface area contributed by atoms with E-state index in [0.717, 1.165) is 23.1 Å². The monoisotopic (exact) mass is 530 g/mol. The van der Waals surface area contributed by atoms with Crippen LogP contribution in [0.4, 0.5) is 13.2 Å². The van der Waals surface area contributed by atoms with Crippen molar-refractivity contribution in [1.29, 1.82) is 0 Å². The van der Waals surface area contributed by atoms with Crippen molar-refractivity contribution in [2.45, 2.75) is 32.8 Å². The summed E-state index contributed by atoms with van der Waals surface area (Å²) >= 11 is 0. The number of rotatable bonds is 7. The topological polar surface area (TPSA) is 113 Å². The van der Waals surface area contributed by atoms with Gasteiger partial charge in [0.25, 0.3) is 17.4 Å². The van der Waals surface area contributed by atoms with Crippen LogP contribution in [0.5, 0.6) is 5.75 Å². The van der Waals surface area contributed by atoms with Crippen LogP contribution in [-0.2, 0) is 13.1 Å². The second-order valence-electron chi connectivity index (χ2n) is 9.10. The Labute approximate surface area is 214 Å². The minimum atomic E-state index is -5.03. The summed E-state index contributed by atoms with van der Waals surface area (Å²) in [5.41, 5.74) is -1.20. The van der Waals surface area contributed by atoms with Crippen molar-refractivity contribution in [2.24, 2.45) is 5.92 Å². The number of ether oxygens (including phenoxy) is 1. The van der Waals surface area contributed by atoms with Gasteiger partial charge in [0.15, 0.2) is 0 Å². The quantitative estimate of drug-likeness (QED) is 0.488. The lowest BCUT2D eigenvalue weighted by molar-refractivity contribution is -0.274. The molecular weight excluding hydrogens is 505 g/mol. The number of aromatic nitrogens is 2. The summed E-state index contributed by atoms with van der Waals surface area (Å²) in [5, 5.41) is 2.37. The summed E-state index contributed by atoms with van der Waals surface area (Å²) < 4.78 is 44.3. The van der Waals surface area contributed by atoms with Crippen molar-refractivity contribution in [3.8, 4) is 5.75 Å². The Hall–Kier alpha value is -4.35. The summed E-state index contributed by atoms with van der Waals surface area (Å²) in [5.74, 6) is -1.63. The van der Waals surface area contributed by atoms with Crippen molar-refractivity contribution in [3.63, 3.8) is 0 Å². The fourth-order valence-electron chi connectivity index (χ4n) is 4.18. The molecule has 2 amide bonds. The maximum Gasteiger partial charge on any atom is 0.573 e. The van der Waals surface area contributed by atoms with Gasteiger partial charge in [-0.05, 0) is 30.0 Å². The number of aromatic amines is 1. The van der Waals surface area contributed by atoms with E-state index in [4.69, 9.17) is 0 Å². The normalized spacial score (nSPS) is 15.4. The van der Waals surface area contributed by atoms with Gasteiger partial charge < -0.3 is 19.9 Å². The molecule has 1 fully saturated rings. The summed E-state index contributed by atoms with van der Waals surface area (Å²) in [6.07, 6.45) is -4.22. The van der Waals surface area contributed by atoms with E-state index in [1.54, 1.807) is 35.2 Å². The van der Waals surface area contributed by atoms with Crippen molar-refractivity contribution >= 4 is 11.8 Å². The zero-order valence-corrected chi connectivity index (χ0v) is 20.4. The van der Waals surface area contributed by atoms with E-state index >= 15 is 0 Å². The van der Waals surface area contributed by atoms with E-state index < -0.39 is 41.7 Å². The minimum Gasteiger partial charge on any atom is -0.405 e. The molecule has 1 unspecified atom stereocenters. The molecule has 1 atom stereocenters. The van der Waals surface area contributed by atoms with Crippen molar-refractivity contribution < 1.29 is 27.5 Å². The van der Waals surface area contributed by atoms with Gasteiger partial charge in [0, 0.05) is 36.8 Å². The molecular formula is C26H25F3N4O5. The zero-order valence-electron chi connectivity index (χ0n) is 20.4. The summed E-state index contributed by atoms with van der Waals surface area (Å²) in [6.45, 7) is 2.57. The van der Waals surface area contributed by atoms with Crippen LogP contribution in [-0.4, -0.2) is 45.7 Å². The molecule has 0 aliphatic carbocycles. The van der Waals surface area contributed by atoms with Crippen molar-refractivity contribution in [2.75, 3.05) is 13.1 Å². The molecule has 0 spiro atoms. The van der Waals surface area contributed by atoms with E-state index in [1.807, 2.05) is 6.92 Å². The number of nitrogens with one attached hydrogen (secondary N) is 2. The Balaban J connectivity index is 1.51. The van der Waals surface area contributed by atoms with Gasteiger partial charge in [-0.2, -0.15) is 0 Å². The minimum absolute atomic E-state index is 0.00352. The largest absolute Gasteiger partial charge is 0.573 e. The van der Waals surface area contributed by atoms with Gasteiger partial charge in [-0.1, -0.05) is 43.3 Å². The number of hydrogen-bond acceptors (Lipinski definition) is 5. The molecule has 0 bridgehead atoms. The number of nitrogens with zero attached hydrogens (tertiary/aromatic N) is 2. The first kappa shape index (κ1) is 26.7. The molecule has 1 aromatic heterocycles. The first-order chi connectivity index (χ1) is 18.0. The number of H-pyrrole nitrogens is 1. The fraction of sp³-hybridized carbons (Fsp3) is 0.308. The van der Waals surface area contributed by atoms with Crippen LogP contribution in [0, 0.1) is 5.92 Å². The molecule has 3 aromatic rings. The van der Waals surface area contributed by atoms with E-state index in [-0.39, 0.29) is 23.4 Å². The molecule has 2 heterocycles. The van der Waals surface area contributed by atoms with Crippen LogP contribution in [0.25, 0.3) is 0 Å². The molecule has 1 saturated heterocycles. The number of benzene rings is 2. The highest BCUT2D eigenvalue weighted by Crippen LogP contribution is 2.29. The third-order valence-electron chi connectivity index (χ3n) is 6.14. The van der Waals surface area contributed by atoms with E-state index in [1.165, 1.54) is 12.1 Å². The lowest BCUT2D eigenvalue weighted by Crippen LogP contribution is -2.38. The summed E-state index contributed by atoms with van der Waals surface area (Å²) in [6, 6.07) is 13.3. The Bertz CT molecular complexity index is 1420. The maximum absolute atomic E-state index is 13.1. The van der Waals surface area contributed by atoms with Gasteiger partial charge in [-0.15, -0.1) is 13.2 Å². The number of likely N-dealkylation sites (tertiary alicyclic amines) is 1. The van der Waals surface area contributed by atoms with Gasteiger partial charge in [-0.3, -0.25) is 19.0 Å². The molecule has 2 N–H and O–H groups in total. The number of halogens is 3. The smallest absolute Gasteiger partial charge is 0.405 e. The van der Waals surface area contributed by atoms with Crippen LogP contribution in [0.15, 0.2) is 64.2 Å². The second-order valence-corrected chi connectivity index (χ2v) is 9.10. The van der Waals surface area contributed by atoms with Crippen LogP contribution in [0.3, 0.4) is 0 Å². The fourth-order valence-corrected chi connectivity index (χ4v) is 4.18. The lowest BCUT2D eigenvalue weighted by atomic mass is 10.1. The Morgan fingerprint density at radius 2 is 1.84 bits per heavy atom. The molecule has 2 aromatic carbocycles. The van der Waals surface area contributed by atoms with Crippen LogP contribution >= 0.6 is 0 Å². The van der Waals surface area contributed by atoms with Gasteiger partial charge >= 0.3 is 12.1 Å². The number of carbonyl (C=O) groups is 2. The van der Waals surface area contributed by atoms with Crippen molar-refractivity contribution in [3.05, 3.63) is 97.8 Å². The summed E-state index contributed by atoms with van der Waals surface area (Å²) in [7, 11) is 0. The molecule has 0 saturated carbocycles. The Kier molecular flexibility index (Phi) is 7.70. The van der Waals surface area contributed by atoms with Crippen LogP contribution < -0.4 is 21.3 Å². The molecule has 9 nitrogen and oxygen atoms in total. The highest BCUT2D eigenvalue weighted by atomic mass is 19.4. The average Bonchev–Trinajstić information content (AvgIpc) is 3.30. The predicted octanol–water partition coefficient (Wildman–Crippen LogP) is 2.90. The first-order valence-corrected chi connectivity index (χ1v) is 11.8. The Morgan fingerprint density at radius 1 is 1.11 bits per heavy atom. The van der Waals surface area contributed by atoms with Gasteiger partial charge in [0.1, 0.15) is 11.4 Å². The Morgan fingerprint density at radius 3 is 2.47 bits per heavy atom.